The summed E-state index contributed by atoms with van der Waals surface area (Å²) in [6, 6.07) is 0. The first-order valence-corrected chi connectivity index (χ1v) is 9.13. The molecule has 0 aromatic rings. The average Bonchev–Trinajstić information content (AvgIpc) is 2.42. The van der Waals surface area contributed by atoms with E-state index in [9.17, 15) is 13.6 Å². The fourth-order valence-electron chi connectivity index (χ4n) is 2.32. The van der Waals surface area contributed by atoms with Gasteiger partial charge in [-0.3, -0.25) is 0 Å². The van der Waals surface area contributed by atoms with Gasteiger partial charge >= 0.3 is 11.9 Å². The summed E-state index contributed by atoms with van der Waals surface area (Å²) in [6.07, 6.45) is 7.79. The van der Waals surface area contributed by atoms with E-state index in [-0.39, 0.29) is 6.61 Å². The zero-order valence-corrected chi connectivity index (χ0v) is 15.7. The number of halogens is 3. The van der Waals surface area contributed by atoms with Crippen molar-refractivity contribution in [3.8, 4) is 0 Å². The average molecular weight is 418 g/mol. The van der Waals surface area contributed by atoms with Gasteiger partial charge in [-0.2, -0.15) is 8.78 Å². The molecule has 0 N–H and O–H groups in total. The van der Waals surface area contributed by atoms with Crippen LogP contribution < -0.4 is 0 Å². The molecule has 0 rings (SSSR count). The van der Waals surface area contributed by atoms with E-state index in [2.05, 4.69) is 34.3 Å². The number of hydrogen-bond donors (Lipinski definition) is 0. The van der Waals surface area contributed by atoms with Crippen LogP contribution in [0.15, 0.2) is 0 Å². The van der Waals surface area contributed by atoms with Gasteiger partial charge in [0.05, 0.1) is 6.61 Å². The number of alkyl halides is 3. The minimum absolute atomic E-state index is 0.00772. The summed E-state index contributed by atoms with van der Waals surface area (Å²) in [5, 5.41) is 0. The Bertz CT molecular complexity index is 298. The van der Waals surface area contributed by atoms with E-state index < -0.39 is 21.7 Å². The number of ether oxygens (including phenoxy) is 1. The van der Waals surface area contributed by atoms with Gasteiger partial charge in [-0.25, -0.2) is 4.79 Å². The van der Waals surface area contributed by atoms with Crippen molar-refractivity contribution in [2.75, 3.05) is 6.61 Å². The van der Waals surface area contributed by atoms with Crippen LogP contribution in [0, 0.1) is 0 Å². The third-order valence-corrected chi connectivity index (χ3v) is 5.41. The highest BCUT2D eigenvalue weighted by Gasteiger charge is 2.46. The van der Waals surface area contributed by atoms with Crippen molar-refractivity contribution < 1.29 is 18.3 Å². The Kier molecular flexibility index (Phi) is 10.8. The molecular formula is C16H29F2IO2. The zero-order valence-electron chi connectivity index (χ0n) is 13.5. The summed E-state index contributed by atoms with van der Waals surface area (Å²) >= 11 is 2.11. The van der Waals surface area contributed by atoms with E-state index in [4.69, 9.17) is 0 Å². The molecule has 0 aliphatic rings. The van der Waals surface area contributed by atoms with Crippen molar-refractivity contribution in [3.63, 3.8) is 0 Å². The lowest BCUT2D eigenvalue weighted by atomic mass is 9.91. The Hall–Kier alpha value is 0.0600. The Morgan fingerprint density at radius 1 is 1.05 bits per heavy atom. The molecule has 0 bridgehead atoms. The van der Waals surface area contributed by atoms with Crippen LogP contribution in [0.2, 0.25) is 0 Å². The normalized spacial score (nSPS) is 14.8. The zero-order chi connectivity index (χ0) is 16.4. The van der Waals surface area contributed by atoms with Gasteiger partial charge in [0.2, 0.25) is 0 Å². The Balaban J connectivity index is 4.28. The lowest BCUT2D eigenvalue weighted by Gasteiger charge is -2.29. The van der Waals surface area contributed by atoms with Gasteiger partial charge in [0, 0.05) is 9.84 Å². The van der Waals surface area contributed by atoms with Crippen LogP contribution in [0.5, 0.6) is 0 Å². The topological polar surface area (TPSA) is 26.3 Å². The van der Waals surface area contributed by atoms with Crippen LogP contribution in [0.25, 0.3) is 0 Å². The Morgan fingerprint density at radius 2 is 1.62 bits per heavy atom. The van der Waals surface area contributed by atoms with Gasteiger partial charge in [-0.05, 0) is 19.8 Å². The molecule has 0 heterocycles. The predicted molar refractivity (Wildman–Crippen MR) is 91.2 cm³/mol. The first-order chi connectivity index (χ1) is 9.81. The quantitative estimate of drug-likeness (QED) is 0.171. The van der Waals surface area contributed by atoms with E-state index >= 15 is 0 Å². The second kappa shape index (κ2) is 10.7. The molecule has 0 saturated carbocycles. The fourth-order valence-corrected chi connectivity index (χ4v) is 3.18. The number of esters is 1. The highest BCUT2D eigenvalue weighted by Crippen LogP contribution is 2.40. The molecule has 0 aromatic carbocycles. The van der Waals surface area contributed by atoms with E-state index in [1.54, 1.807) is 6.92 Å². The van der Waals surface area contributed by atoms with Gasteiger partial charge in [0.1, 0.15) is 0 Å². The maximum atomic E-state index is 13.9. The highest BCUT2D eigenvalue weighted by molar-refractivity contribution is 14.1. The molecule has 5 heteroatoms. The molecule has 0 aliphatic heterocycles. The summed E-state index contributed by atoms with van der Waals surface area (Å²) < 4.78 is 31.7. The van der Waals surface area contributed by atoms with Gasteiger partial charge in [0.25, 0.3) is 0 Å². The van der Waals surface area contributed by atoms with Gasteiger partial charge in [-0.1, -0.05) is 75.0 Å². The van der Waals surface area contributed by atoms with Gasteiger partial charge in [-0.15, -0.1) is 0 Å². The number of unbranched alkanes of at least 4 members (excludes halogenated alkanes) is 5. The molecule has 0 aromatic heterocycles. The standard InChI is InChI=1S/C16H29F2IO2/c1-4-7-8-9-10-11-12-15(19,5-2)13-16(17,18)14(20)21-6-3/h4-13H2,1-3H3. The molecule has 2 nitrogen and oxygen atoms in total. The molecule has 0 amide bonds. The van der Waals surface area contributed by atoms with E-state index in [1.165, 1.54) is 25.7 Å². The largest absolute Gasteiger partial charge is 0.462 e. The Labute approximate surface area is 141 Å². The van der Waals surface area contributed by atoms with Crippen LogP contribution in [0.1, 0.15) is 78.6 Å². The summed E-state index contributed by atoms with van der Waals surface area (Å²) in [5.41, 5.74) is 0. The molecule has 0 saturated heterocycles. The van der Waals surface area contributed by atoms with Crippen molar-refractivity contribution in [2.24, 2.45) is 0 Å². The molecule has 1 atom stereocenters. The number of carbonyl (C=O) groups is 1. The maximum absolute atomic E-state index is 13.9. The summed E-state index contributed by atoms with van der Waals surface area (Å²) in [5.74, 6) is -4.77. The van der Waals surface area contributed by atoms with Crippen LogP contribution in [0.4, 0.5) is 8.78 Å². The van der Waals surface area contributed by atoms with Crippen molar-refractivity contribution in [1.29, 1.82) is 0 Å². The number of rotatable bonds is 12. The maximum Gasteiger partial charge on any atom is 0.377 e. The Morgan fingerprint density at radius 3 is 2.14 bits per heavy atom. The third kappa shape index (κ3) is 8.94. The molecule has 126 valence electrons. The SMILES string of the molecule is CCCCCCCCC(I)(CC)CC(F)(F)C(=O)OCC. The van der Waals surface area contributed by atoms with Crippen LogP contribution in [-0.2, 0) is 9.53 Å². The van der Waals surface area contributed by atoms with Crippen molar-refractivity contribution >= 4 is 28.6 Å². The first-order valence-electron chi connectivity index (χ1n) is 8.05. The molecule has 0 fully saturated rings. The van der Waals surface area contributed by atoms with Crippen LogP contribution in [0.3, 0.4) is 0 Å². The molecular weight excluding hydrogens is 389 g/mol. The second-order valence-corrected chi connectivity index (χ2v) is 7.91. The number of hydrogen-bond acceptors (Lipinski definition) is 2. The highest BCUT2D eigenvalue weighted by atomic mass is 127. The monoisotopic (exact) mass is 418 g/mol. The molecule has 0 radical (unpaired) electrons. The van der Waals surface area contributed by atoms with Crippen molar-refractivity contribution in [3.05, 3.63) is 0 Å². The minimum atomic E-state index is -3.38. The lowest BCUT2D eigenvalue weighted by Crippen LogP contribution is -2.38. The van der Waals surface area contributed by atoms with Gasteiger partial charge < -0.3 is 4.74 Å². The molecule has 0 aliphatic carbocycles. The number of carbonyl (C=O) groups excluding carboxylic acids is 1. The van der Waals surface area contributed by atoms with Crippen LogP contribution >= 0.6 is 22.6 Å². The van der Waals surface area contributed by atoms with Crippen molar-refractivity contribution in [2.45, 2.75) is 87.9 Å². The first kappa shape index (κ1) is 21.1. The third-order valence-electron chi connectivity index (χ3n) is 3.72. The van der Waals surface area contributed by atoms with Gasteiger partial charge in [0.15, 0.2) is 0 Å². The summed E-state index contributed by atoms with van der Waals surface area (Å²) in [7, 11) is 0. The fraction of sp³-hybridized carbons (Fsp3) is 0.938. The smallest absolute Gasteiger partial charge is 0.377 e. The van der Waals surface area contributed by atoms with Crippen molar-refractivity contribution in [1.82, 2.24) is 0 Å². The van der Waals surface area contributed by atoms with E-state index in [1.807, 2.05) is 6.92 Å². The predicted octanol–water partition coefficient (Wildman–Crippen LogP) is 5.91. The molecule has 1 unspecified atom stereocenters. The molecule has 0 spiro atoms. The second-order valence-electron chi connectivity index (χ2n) is 5.62. The molecule has 21 heavy (non-hydrogen) atoms. The minimum Gasteiger partial charge on any atom is -0.462 e. The van der Waals surface area contributed by atoms with E-state index in [0.29, 0.717) is 6.42 Å². The van der Waals surface area contributed by atoms with Crippen LogP contribution in [-0.4, -0.2) is 21.9 Å². The van der Waals surface area contributed by atoms with E-state index in [0.717, 1.165) is 19.3 Å². The lowest BCUT2D eigenvalue weighted by molar-refractivity contribution is -0.173. The summed E-state index contributed by atoms with van der Waals surface area (Å²) in [6.45, 7) is 5.61. The summed E-state index contributed by atoms with van der Waals surface area (Å²) in [4.78, 5) is 11.3.